The Labute approximate surface area is 134 Å². The molecule has 5 nitrogen and oxygen atoms in total. The van der Waals surface area contributed by atoms with Gasteiger partial charge in [-0.1, -0.05) is 6.07 Å². The van der Waals surface area contributed by atoms with E-state index in [9.17, 15) is 4.79 Å². The number of aryl methyl sites for hydroxylation is 1. The van der Waals surface area contributed by atoms with Gasteiger partial charge in [-0.25, -0.2) is 4.98 Å². The number of amides is 1. The SMILES string of the molecule is Cc1ccc2nc(C3CCCN3C(=O)Cc3ccoc3)[nH]c2c1. The van der Waals surface area contributed by atoms with Gasteiger partial charge in [0.25, 0.3) is 0 Å². The van der Waals surface area contributed by atoms with Gasteiger partial charge in [-0.05, 0) is 49.1 Å². The van der Waals surface area contributed by atoms with E-state index in [0.29, 0.717) is 6.42 Å². The van der Waals surface area contributed by atoms with Gasteiger partial charge in [-0.3, -0.25) is 4.79 Å². The third-order valence-corrected chi connectivity index (χ3v) is 4.48. The molecule has 1 aliphatic rings. The number of aromatic amines is 1. The summed E-state index contributed by atoms with van der Waals surface area (Å²) in [5.74, 6) is 1.02. The van der Waals surface area contributed by atoms with Gasteiger partial charge in [-0.15, -0.1) is 0 Å². The number of aromatic nitrogens is 2. The van der Waals surface area contributed by atoms with E-state index in [1.165, 1.54) is 5.56 Å². The van der Waals surface area contributed by atoms with Gasteiger partial charge in [-0.2, -0.15) is 0 Å². The van der Waals surface area contributed by atoms with Crippen molar-refractivity contribution in [3.63, 3.8) is 0 Å². The number of fused-ring (bicyclic) bond motifs is 1. The van der Waals surface area contributed by atoms with Crippen LogP contribution in [0.15, 0.2) is 41.2 Å². The summed E-state index contributed by atoms with van der Waals surface area (Å²) in [6.07, 6.45) is 5.58. The molecule has 1 aliphatic heterocycles. The molecule has 2 aromatic heterocycles. The summed E-state index contributed by atoms with van der Waals surface area (Å²) in [6.45, 7) is 2.85. The maximum atomic E-state index is 12.6. The number of furan rings is 1. The highest BCUT2D eigenvalue weighted by Gasteiger charge is 2.32. The van der Waals surface area contributed by atoms with E-state index in [-0.39, 0.29) is 11.9 Å². The van der Waals surface area contributed by atoms with Crippen molar-refractivity contribution >= 4 is 16.9 Å². The lowest BCUT2D eigenvalue weighted by Crippen LogP contribution is -2.32. The third kappa shape index (κ3) is 2.63. The van der Waals surface area contributed by atoms with Gasteiger partial charge in [0.1, 0.15) is 5.82 Å². The van der Waals surface area contributed by atoms with Crippen LogP contribution in [0.25, 0.3) is 11.0 Å². The normalized spacial score (nSPS) is 18.0. The van der Waals surface area contributed by atoms with Crippen LogP contribution in [0.5, 0.6) is 0 Å². The summed E-state index contributed by atoms with van der Waals surface area (Å²) in [4.78, 5) is 22.6. The van der Waals surface area contributed by atoms with Crippen LogP contribution in [0.3, 0.4) is 0 Å². The van der Waals surface area contributed by atoms with Crippen molar-refractivity contribution in [3.8, 4) is 0 Å². The smallest absolute Gasteiger partial charge is 0.227 e. The van der Waals surface area contributed by atoms with Crippen LogP contribution < -0.4 is 0 Å². The zero-order valence-electron chi connectivity index (χ0n) is 13.1. The average Bonchev–Trinajstić information content (AvgIpc) is 3.26. The van der Waals surface area contributed by atoms with E-state index in [0.717, 1.165) is 41.8 Å². The molecular formula is C18H19N3O2. The Balaban J connectivity index is 1.59. The highest BCUT2D eigenvalue weighted by molar-refractivity contribution is 5.80. The summed E-state index contributed by atoms with van der Waals surface area (Å²) in [5.41, 5.74) is 4.11. The summed E-state index contributed by atoms with van der Waals surface area (Å²) >= 11 is 0. The minimum Gasteiger partial charge on any atom is -0.472 e. The van der Waals surface area contributed by atoms with Crippen molar-refractivity contribution in [2.24, 2.45) is 0 Å². The molecule has 1 aromatic carbocycles. The second-order valence-electron chi connectivity index (χ2n) is 6.20. The number of nitrogens with zero attached hydrogens (tertiary/aromatic N) is 2. The molecule has 1 N–H and O–H groups in total. The highest BCUT2D eigenvalue weighted by Crippen LogP contribution is 2.32. The zero-order chi connectivity index (χ0) is 15.8. The standard InChI is InChI=1S/C18H19N3O2/c1-12-4-5-14-15(9-12)20-18(19-14)16-3-2-7-21(16)17(22)10-13-6-8-23-11-13/h4-6,8-9,11,16H,2-3,7,10H2,1H3,(H,19,20). The van der Waals surface area contributed by atoms with Gasteiger partial charge >= 0.3 is 0 Å². The summed E-state index contributed by atoms with van der Waals surface area (Å²) in [7, 11) is 0. The fourth-order valence-electron chi connectivity index (χ4n) is 3.32. The van der Waals surface area contributed by atoms with E-state index in [1.807, 2.05) is 17.0 Å². The first-order chi connectivity index (χ1) is 11.2. The molecule has 1 unspecified atom stereocenters. The summed E-state index contributed by atoms with van der Waals surface area (Å²) in [5, 5.41) is 0. The minimum absolute atomic E-state index is 0.0436. The maximum absolute atomic E-state index is 12.6. The summed E-state index contributed by atoms with van der Waals surface area (Å²) in [6, 6.07) is 8.06. The molecule has 0 saturated carbocycles. The molecule has 4 rings (SSSR count). The molecule has 3 aromatic rings. The molecule has 5 heteroatoms. The second-order valence-corrected chi connectivity index (χ2v) is 6.20. The van der Waals surface area contributed by atoms with Crippen LogP contribution in [-0.4, -0.2) is 27.3 Å². The van der Waals surface area contributed by atoms with Crippen LogP contribution in [0.2, 0.25) is 0 Å². The number of benzene rings is 1. The quantitative estimate of drug-likeness (QED) is 0.807. The molecule has 3 heterocycles. The molecule has 23 heavy (non-hydrogen) atoms. The van der Waals surface area contributed by atoms with Crippen molar-refractivity contribution in [1.82, 2.24) is 14.9 Å². The first-order valence-electron chi connectivity index (χ1n) is 7.97. The van der Waals surface area contributed by atoms with Gasteiger partial charge in [0.2, 0.25) is 5.91 Å². The van der Waals surface area contributed by atoms with E-state index < -0.39 is 0 Å². The van der Waals surface area contributed by atoms with Crippen LogP contribution in [-0.2, 0) is 11.2 Å². The minimum atomic E-state index is 0.0436. The molecule has 0 spiro atoms. The maximum Gasteiger partial charge on any atom is 0.227 e. The Morgan fingerprint density at radius 1 is 1.43 bits per heavy atom. The molecule has 1 saturated heterocycles. The number of rotatable bonds is 3. The lowest BCUT2D eigenvalue weighted by atomic mass is 10.2. The van der Waals surface area contributed by atoms with Crippen molar-refractivity contribution < 1.29 is 9.21 Å². The van der Waals surface area contributed by atoms with Crippen LogP contribution in [0.1, 0.15) is 35.8 Å². The molecule has 1 atom stereocenters. The van der Waals surface area contributed by atoms with Crippen molar-refractivity contribution in [3.05, 3.63) is 53.7 Å². The second kappa shape index (κ2) is 5.57. The molecule has 0 radical (unpaired) electrons. The average molecular weight is 309 g/mol. The number of nitrogens with one attached hydrogen (secondary N) is 1. The van der Waals surface area contributed by atoms with E-state index in [2.05, 4.69) is 24.0 Å². The van der Waals surface area contributed by atoms with Crippen molar-refractivity contribution in [2.45, 2.75) is 32.2 Å². The Bertz CT molecular complexity index is 835. The predicted octanol–water partition coefficient (Wildman–Crippen LogP) is 3.37. The van der Waals surface area contributed by atoms with Crippen molar-refractivity contribution in [1.29, 1.82) is 0 Å². The lowest BCUT2D eigenvalue weighted by Gasteiger charge is -2.23. The van der Waals surface area contributed by atoms with Crippen molar-refractivity contribution in [2.75, 3.05) is 6.54 Å². The summed E-state index contributed by atoms with van der Waals surface area (Å²) < 4.78 is 5.05. The molecule has 0 bridgehead atoms. The third-order valence-electron chi connectivity index (χ3n) is 4.48. The lowest BCUT2D eigenvalue weighted by molar-refractivity contribution is -0.131. The first-order valence-corrected chi connectivity index (χ1v) is 7.97. The topological polar surface area (TPSA) is 62.1 Å². The van der Waals surface area contributed by atoms with E-state index in [1.54, 1.807) is 12.5 Å². The van der Waals surface area contributed by atoms with Gasteiger partial charge < -0.3 is 14.3 Å². The van der Waals surface area contributed by atoms with E-state index >= 15 is 0 Å². The molecule has 1 fully saturated rings. The number of carbonyl (C=O) groups excluding carboxylic acids is 1. The number of imidazole rings is 1. The monoisotopic (exact) mass is 309 g/mol. The Kier molecular flexibility index (Phi) is 3.41. The van der Waals surface area contributed by atoms with Gasteiger partial charge in [0, 0.05) is 6.54 Å². The number of likely N-dealkylation sites (tertiary alicyclic amines) is 1. The molecular weight excluding hydrogens is 290 g/mol. The molecule has 118 valence electrons. The van der Waals surface area contributed by atoms with Crippen LogP contribution >= 0.6 is 0 Å². The Hall–Kier alpha value is -2.56. The first kappa shape index (κ1) is 14.1. The van der Waals surface area contributed by atoms with Gasteiger partial charge in [0.15, 0.2) is 0 Å². The fraction of sp³-hybridized carbons (Fsp3) is 0.333. The van der Waals surface area contributed by atoms with Gasteiger partial charge in [0.05, 0.1) is 36.0 Å². The zero-order valence-corrected chi connectivity index (χ0v) is 13.1. The molecule has 0 aliphatic carbocycles. The fourth-order valence-corrected chi connectivity index (χ4v) is 3.32. The Morgan fingerprint density at radius 3 is 3.17 bits per heavy atom. The molecule has 1 amide bonds. The number of hydrogen-bond donors (Lipinski definition) is 1. The predicted molar refractivity (Wildman–Crippen MR) is 86.9 cm³/mol. The number of hydrogen-bond acceptors (Lipinski definition) is 3. The van der Waals surface area contributed by atoms with Crippen LogP contribution in [0, 0.1) is 6.92 Å². The largest absolute Gasteiger partial charge is 0.472 e. The van der Waals surface area contributed by atoms with E-state index in [4.69, 9.17) is 9.40 Å². The number of H-pyrrole nitrogens is 1. The van der Waals surface area contributed by atoms with Crippen LogP contribution in [0.4, 0.5) is 0 Å². The highest BCUT2D eigenvalue weighted by atomic mass is 16.3. The Morgan fingerprint density at radius 2 is 2.35 bits per heavy atom. The number of carbonyl (C=O) groups is 1.